The van der Waals surface area contributed by atoms with Crippen LogP contribution in [-0.2, 0) is 0 Å². The molecular formula is C7H11NO2. The maximum Gasteiger partial charge on any atom is 0.415 e. The lowest BCUT2D eigenvalue weighted by Gasteiger charge is -2.17. The van der Waals surface area contributed by atoms with E-state index in [1.165, 1.54) is 0 Å². The van der Waals surface area contributed by atoms with Crippen molar-refractivity contribution in [1.82, 2.24) is 4.90 Å². The first kappa shape index (κ1) is 8.75. The molecule has 0 aliphatic heterocycles. The lowest BCUT2D eigenvalue weighted by molar-refractivity contribution is 0.169. The van der Waals surface area contributed by atoms with E-state index in [9.17, 15) is 4.79 Å². The maximum absolute atomic E-state index is 10.4. The van der Waals surface area contributed by atoms with Crippen LogP contribution in [0, 0.1) is 0 Å². The molecule has 0 rings (SSSR count). The average molecular weight is 141 g/mol. The van der Waals surface area contributed by atoms with E-state index in [0.717, 1.165) is 4.90 Å². The summed E-state index contributed by atoms with van der Waals surface area (Å²) in [5, 5.41) is 8.52. The predicted molar refractivity (Wildman–Crippen MR) is 39.5 cm³/mol. The summed E-state index contributed by atoms with van der Waals surface area (Å²) < 4.78 is 0. The summed E-state index contributed by atoms with van der Waals surface area (Å²) >= 11 is 0. The summed E-state index contributed by atoms with van der Waals surface area (Å²) in [4.78, 5) is 11.4. The van der Waals surface area contributed by atoms with Gasteiger partial charge in [0.1, 0.15) is 0 Å². The molecule has 3 nitrogen and oxygen atoms in total. The minimum absolute atomic E-state index is 0.458. The molecule has 0 fully saturated rings. The number of hydrogen-bond donors (Lipinski definition) is 1. The fraction of sp³-hybridized carbons (Fsp3) is 0.286. The zero-order valence-corrected chi connectivity index (χ0v) is 6.22. The molecule has 1 N–H and O–H groups in total. The van der Waals surface area contributed by atoms with Crippen LogP contribution in [0.4, 0.5) is 4.79 Å². The Labute approximate surface area is 60.3 Å². The van der Waals surface area contributed by atoms with E-state index in [-0.39, 0.29) is 0 Å². The first-order valence-corrected chi connectivity index (χ1v) is 2.81. The van der Waals surface area contributed by atoms with Gasteiger partial charge in [-0.25, -0.2) is 4.79 Å². The molecule has 0 saturated carbocycles. The van der Waals surface area contributed by atoms with Crippen molar-refractivity contribution in [2.45, 2.75) is 13.8 Å². The van der Waals surface area contributed by atoms with Crippen molar-refractivity contribution in [3.05, 3.63) is 24.6 Å². The highest BCUT2D eigenvalue weighted by atomic mass is 16.4. The quantitative estimate of drug-likeness (QED) is 0.639. The SMILES string of the molecule is C=C(C)N(C(=C)C)C(=O)O. The van der Waals surface area contributed by atoms with E-state index >= 15 is 0 Å². The molecule has 0 aliphatic rings. The van der Waals surface area contributed by atoms with Crippen LogP contribution in [0.25, 0.3) is 0 Å². The third-order valence-electron chi connectivity index (χ3n) is 0.955. The molecule has 0 aromatic carbocycles. The number of allylic oxidation sites excluding steroid dienone is 2. The third kappa shape index (κ3) is 1.93. The lowest BCUT2D eigenvalue weighted by atomic mass is 10.4. The molecule has 0 heterocycles. The summed E-state index contributed by atoms with van der Waals surface area (Å²) in [5.74, 6) is 0. The summed E-state index contributed by atoms with van der Waals surface area (Å²) in [5.41, 5.74) is 0.917. The number of carbonyl (C=O) groups is 1. The normalized spacial score (nSPS) is 8.60. The van der Waals surface area contributed by atoms with Gasteiger partial charge >= 0.3 is 6.09 Å². The minimum atomic E-state index is -1.04. The van der Waals surface area contributed by atoms with Crippen LogP contribution in [0.15, 0.2) is 24.6 Å². The molecule has 10 heavy (non-hydrogen) atoms. The summed E-state index contributed by atoms with van der Waals surface area (Å²) in [6.07, 6.45) is -1.04. The standard InChI is InChI=1S/C7H11NO2/c1-5(2)8(6(3)4)7(9)10/h1,3H2,2,4H3,(H,9,10). The molecular weight excluding hydrogens is 130 g/mol. The number of amides is 1. The van der Waals surface area contributed by atoms with Gasteiger partial charge in [-0.05, 0) is 13.8 Å². The van der Waals surface area contributed by atoms with Crippen molar-refractivity contribution in [2.75, 3.05) is 0 Å². The Balaban J connectivity index is 4.43. The van der Waals surface area contributed by atoms with Crippen molar-refractivity contribution in [3.63, 3.8) is 0 Å². The zero-order chi connectivity index (χ0) is 8.31. The van der Waals surface area contributed by atoms with Crippen molar-refractivity contribution in [1.29, 1.82) is 0 Å². The monoisotopic (exact) mass is 141 g/mol. The van der Waals surface area contributed by atoms with Gasteiger partial charge in [0.2, 0.25) is 0 Å². The molecule has 0 atom stereocenters. The van der Waals surface area contributed by atoms with Crippen LogP contribution in [-0.4, -0.2) is 16.1 Å². The third-order valence-corrected chi connectivity index (χ3v) is 0.955. The second kappa shape index (κ2) is 3.06. The van der Waals surface area contributed by atoms with Crippen LogP contribution < -0.4 is 0 Å². The van der Waals surface area contributed by atoms with Gasteiger partial charge in [0.15, 0.2) is 0 Å². The van der Waals surface area contributed by atoms with E-state index in [0.29, 0.717) is 11.4 Å². The molecule has 3 heteroatoms. The van der Waals surface area contributed by atoms with Gasteiger partial charge in [-0.1, -0.05) is 13.2 Å². The molecule has 0 aromatic heterocycles. The molecule has 0 spiro atoms. The van der Waals surface area contributed by atoms with Gasteiger partial charge < -0.3 is 5.11 Å². The average Bonchev–Trinajstić information content (AvgIpc) is 1.59. The number of nitrogens with zero attached hydrogens (tertiary/aromatic N) is 1. The van der Waals surface area contributed by atoms with Crippen LogP contribution >= 0.6 is 0 Å². The van der Waals surface area contributed by atoms with Crippen molar-refractivity contribution in [2.24, 2.45) is 0 Å². The molecule has 0 radical (unpaired) electrons. The number of rotatable bonds is 2. The Morgan fingerprint density at radius 1 is 1.30 bits per heavy atom. The molecule has 0 bridgehead atoms. The van der Waals surface area contributed by atoms with Crippen LogP contribution in [0.1, 0.15) is 13.8 Å². The van der Waals surface area contributed by atoms with E-state index in [4.69, 9.17) is 5.11 Å². The lowest BCUT2D eigenvalue weighted by Crippen LogP contribution is -2.24. The van der Waals surface area contributed by atoms with Crippen LogP contribution in [0.3, 0.4) is 0 Å². The second-order valence-corrected chi connectivity index (χ2v) is 2.09. The Kier molecular flexibility index (Phi) is 2.67. The molecule has 0 unspecified atom stereocenters. The van der Waals surface area contributed by atoms with Gasteiger partial charge in [-0.3, -0.25) is 4.90 Å². The molecule has 0 aliphatic carbocycles. The van der Waals surface area contributed by atoms with Gasteiger partial charge in [0.05, 0.1) is 0 Å². The largest absolute Gasteiger partial charge is 0.464 e. The predicted octanol–water partition coefficient (Wildman–Crippen LogP) is 2.03. The second-order valence-electron chi connectivity index (χ2n) is 2.09. The van der Waals surface area contributed by atoms with Crippen molar-refractivity contribution >= 4 is 6.09 Å². The van der Waals surface area contributed by atoms with Crippen LogP contribution in [0.5, 0.6) is 0 Å². The Hall–Kier alpha value is -1.25. The fourth-order valence-electron chi connectivity index (χ4n) is 0.652. The van der Waals surface area contributed by atoms with E-state index < -0.39 is 6.09 Å². The first-order chi connectivity index (χ1) is 4.46. The highest BCUT2D eigenvalue weighted by Gasteiger charge is 2.11. The van der Waals surface area contributed by atoms with Gasteiger partial charge in [0.25, 0.3) is 0 Å². The Morgan fingerprint density at radius 2 is 1.60 bits per heavy atom. The van der Waals surface area contributed by atoms with Gasteiger partial charge in [0, 0.05) is 11.4 Å². The number of carboxylic acid groups (broad SMARTS) is 1. The molecule has 0 aromatic rings. The maximum atomic E-state index is 10.4. The summed E-state index contributed by atoms with van der Waals surface area (Å²) in [6, 6.07) is 0. The molecule has 0 saturated heterocycles. The Bertz CT molecular complexity index is 151. The Morgan fingerprint density at radius 3 is 1.60 bits per heavy atom. The van der Waals surface area contributed by atoms with Crippen molar-refractivity contribution < 1.29 is 9.90 Å². The molecule has 1 amide bonds. The van der Waals surface area contributed by atoms with Gasteiger partial charge in [-0.15, -0.1) is 0 Å². The van der Waals surface area contributed by atoms with E-state index in [1.54, 1.807) is 13.8 Å². The smallest absolute Gasteiger partial charge is 0.415 e. The summed E-state index contributed by atoms with van der Waals surface area (Å²) in [6.45, 7) is 10.2. The minimum Gasteiger partial charge on any atom is -0.464 e. The van der Waals surface area contributed by atoms with E-state index in [1.807, 2.05) is 0 Å². The summed E-state index contributed by atoms with van der Waals surface area (Å²) in [7, 11) is 0. The highest BCUT2D eigenvalue weighted by molar-refractivity contribution is 5.69. The topological polar surface area (TPSA) is 40.5 Å². The van der Waals surface area contributed by atoms with Crippen molar-refractivity contribution in [3.8, 4) is 0 Å². The zero-order valence-electron chi connectivity index (χ0n) is 6.22. The van der Waals surface area contributed by atoms with Gasteiger partial charge in [-0.2, -0.15) is 0 Å². The van der Waals surface area contributed by atoms with Crippen LogP contribution in [0.2, 0.25) is 0 Å². The number of hydrogen-bond acceptors (Lipinski definition) is 1. The fourth-order valence-corrected chi connectivity index (χ4v) is 0.652. The first-order valence-electron chi connectivity index (χ1n) is 2.81. The molecule has 56 valence electrons. The van der Waals surface area contributed by atoms with E-state index in [2.05, 4.69) is 13.2 Å². The highest BCUT2D eigenvalue weighted by Crippen LogP contribution is 2.07.